The second kappa shape index (κ2) is 7.43. The van der Waals surface area contributed by atoms with E-state index in [9.17, 15) is 0 Å². The normalized spacial score (nSPS) is 19.1. The summed E-state index contributed by atoms with van der Waals surface area (Å²) >= 11 is 9.49. The van der Waals surface area contributed by atoms with Crippen LogP contribution in [0.25, 0.3) is 0 Å². The van der Waals surface area contributed by atoms with Crippen molar-refractivity contribution in [2.24, 2.45) is 0 Å². The van der Waals surface area contributed by atoms with Gasteiger partial charge in [-0.3, -0.25) is 0 Å². The largest absolute Gasteiger partial charge is 0.383 e. The molecule has 1 fully saturated rings. The minimum absolute atomic E-state index is 0.488. The van der Waals surface area contributed by atoms with Crippen molar-refractivity contribution in [3.8, 4) is 0 Å². The SMILES string of the molecule is COCCNCC1CCCN1c1ncc(Cl)cc1Br. The molecule has 1 atom stereocenters. The molecular formula is C13H19BrClN3O. The third kappa shape index (κ3) is 4.05. The molecule has 4 nitrogen and oxygen atoms in total. The molecule has 2 rings (SSSR count). The number of rotatable bonds is 6. The minimum Gasteiger partial charge on any atom is -0.383 e. The van der Waals surface area contributed by atoms with Crippen LogP contribution >= 0.6 is 27.5 Å². The van der Waals surface area contributed by atoms with E-state index < -0.39 is 0 Å². The lowest BCUT2D eigenvalue weighted by atomic mass is 10.2. The first-order valence-electron chi connectivity index (χ1n) is 6.49. The van der Waals surface area contributed by atoms with Gasteiger partial charge >= 0.3 is 0 Å². The van der Waals surface area contributed by atoms with Crippen molar-refractivity contribution in [1.29, 1.82) is 0 Å². The summed E-state index contributed by atoms with van der Waals surface area (Å²) in [5, 5.41) is 4.08. The maximum Gasteiger partial charge on any atom is 0.143 e. The topological polar surface area (TPSA) is 37.4 Å². The zero-order chi connectivity index (χ0) is 13.7. The van der Waals surface area contributed by atoms with Gasteiger partial charge in [-0.2, -0.15) is 0 Å². The Balaban J connectivity index is 1.97. The van der Waals surface area contributed by atoms with Crippen LogP contribution in [-0.2, 0) is 4.74 Å². The molecule has 0 aliphatic carbocycles. The summed E-state index contributed by atoms with van der Waals surface area (Å²) in [5.41, 5.74) is 0. The summed E-state index contributed by atoms with van der Waals surface area (Å²) in [5.74, 6) is 0.987. The maximum atomic E-state index is 5.94. The molecule has 1 unspecified atom stereocenters. The number of hydrogen-bond donors (Lipinski definition) is 1. The van der Waals surface area contributed by atoms with Crippen LogP contribution in [0.3, 0.4) is 0 Å². The molecule has 1 aliphatic rings. The number of nitrogens with zero attached hydrogens (tertiary/aromatic N) is 2. The van der Waals surface area contributed by atoms with E-state index in [2.05, 4.69) is 31.1 Å². The minimum atomic E-state index is 0.488. The van der Waals surface area contributed by atoms with Gasteiger partial charge in [0.1, 0.15) is 5.82 Å². The number of hydrogen-bond acceptors (Lipinski definition) is 4. The van der Waals surface area contributed by atoms with Gasteiger partial charge in [0.25, 0.3) is 0 Å². The number of aromatic nitrogens is 1. The second-order valence-corrected chi connectivity index (χ2v) is 5.94. The molecule has 1 aromatic heterocycles. The van der Waals surface area contributed by atoms with E-state index in [1.807, 2.05) is 6.07 Å². The number of ether oxygens (including phenoxy) is 1. The lowest BCUT2D eigenvalue weighted by molar-refractivity contribution is 0.199. The van der Waals surface area contributed by atoms with Crippen LogP contribution in [-0.4, -0.2) is 44.4 Å². The lowest BCUT2D eigenvalue weighted by Crippen LogP contribution is -2.39. The zero-order valence-corrected chi connectivity index (χ0v) is 13.4. The van der Waals surface area contributed by atoms with Crippen LogP contribution in [0.4, 0.5) is 5.82 Å². The molecule has 0 amide bonds. The highest BCUT2D eigenvalue weighted by Crippen LogP contribution is 2.31. The van der Waals surface area contributed by atoms with Crippen molar-refractivity contribution in [2.45, 2.75) is 18.9 Å². The van der Waals surface area contributed by atoms with Crippen LogP contribution < -0.4 is 10.2 Å². The molecule has 19 heavy (non-hydrogen) atoms. The van der Waals surface area contributed by atoms with Crippen molar-refractivity contribution >= 4 is 33.3 Å². The molecule has 0 aromatic carbocycles. The molecule has 0 spiro atoms. The molecule has 2 heterocycles. The lowest BCUT2D eigenvalue weighted by Gasteiger charge is -2.27. The van der Waals surface area contributed by atoms with E-state index in [0.717, 1.165) is 36.5 Å². The van der Waals surface area contributed by atoms with E-state index in [4.69, 9.17) is 16.3 Å². The van der Waals surface area contributed by atoms with Gasteiger partial charge in [0.05, 0.1) is 16.1 Å². The predicted octanol–water partition coefficient (Wildman–Crippen LogP) is 2.70. The summed E-state index contributed by atoms with van der Waals surface area (Å²) < 4.78 is 6.00. The second-order valence-electron chi connectivity index (χ2n) is 4.65. The summed E-state index contributed by atoms with van der Waals surface area (Å²) in [7, 11) is 1.72. The van der Waals surface area contributed by atoms with E-state index in [1.165, 1.54) is 12.8 Å². The maximum absolute atomic E-state index is 5.94. The molecule has 6 heteroatoms. The first-order valence-corrected chi connectivity index (χ1v) is 7.67. The van der Waals surface area contributed by atoms with Crippen molar-refractivity contribution in [2.75, 3.05) is 38.3 Å². The number of halogens is 2. The van der Waals surface area contributed by atoms with E-state index >= 15 is 0 Å². The molecule has 1 N–H and O–H groups in total. The molecule has 0 bridgehead atoms. The van der Waals surface area contributed by atoms with Crippen molar-refractivity contribution in [3.63, 3.8) is 0 Å². The molecule has 0 radical (unpaired) electrons. The average molecular weight is 349 g/mol. The molecule has 1 aromatic rings. The van der Waals surface area contributed by atoms with Gasteiger partial charge in [-0.1, -0.05) is 11.6 Å². The van der Waals surface area contributed by atoms with Gasteiger partial charge in [-0.05, 0) is 34.8 Å². The molecule has 1 aliphatic heterocycles. The highest BCUT2D eigenvalue weighted by atomic mass is 79.9. The smallest absolute Gasteiger partial charge is 0.143 e. The zero-order valence-electron chi connectivity index (χ0n) is 11.0. The molecule has 1 saturated heterocycles. The third-order valence-electron chi connectivity index (χ3n) is 3.30. The van der Waals surface area contributed by atoms with E-state index in [0.29, 0.717) is 11.1 Å². The van der Waals surface area contributed by atoms with Crippen LogP contribution in [0.5, 0.6) is 0 Å². The quantitative estimate of drug-likeness (QED) is 0.802. The fourth-order valence-electron chi connectivity index (χ4n) is 2.39. The summed E-state index contributed by atoms with van der Waals surface area (Å²) in [6, 6.07) is 2.39. The van der Waals surface area contributed by atoms with Gasteiger partial charge < -0.3 is 15.0 Å². The first-order chi connectivity index (χ1) is 9.22. The van der Waals surface area contributed by atoms with E-state index in [-0.39, 0.29) is 0 Å². The molecule has 106 valence electrons. The Labute approximate surface area is 127 Å². The number of pyridine rings is 1. The monoisotopic (exact) mass is 347 g/mol. The average Bonchev–Trinajstić information content (AvgIpc) is 2.83. The van der Waals surface area contributed by atoms with Crippen LogP contribution in [0.2, 0.25) is 5.02 Å². The Kier molecular flexibility index (Phi) is 5.88. The molecular weight excluding hydrogens is 330 g/mol. The Bertz CT molecular complexity index is 419. The van der Waals surface area contributed by atoms with Crippen LogP contribution in [0, 0.1) is 0 Å². The summed E-state index contributed by atoms with van der Waals surface area (Å²) in [6.45, 7) is 3.63. The number of nitrogens with one attached hydrogen (secondary N) is 1. The summed E-state index contributed by atoms with van der Waals surface area (Å²) in [6.07, 6.45) is 4.10. The summed E-state index contributed by atoms with van der Waals surface area (Å²) in [4.78, 5) is 6.80. The van der Waals surface area contributed by atoms with Gasteiger partial charge in [-0.25, -0.2) is 4.98 Å². The fraction of sp³-hybridized carbons (Fsp3) is 0.615. The highest BCUT2D eigenvalue weighted by Gasteiger charge is 2.26. The fourth-order valence-corrected chi connectivity index (χ4v) is 3.25. The first kappa shape index (κ1) is 15.0. The van der Waals surface area contributed by atoms with Crippen molar-refractivity contribution in [3.05, 3.63) is 21.8 Å². The highest BCUT2D eigenvalue weighted by molar-refractivity contribution is 9.10. The van der Waals surface area contributed by atoms with Crippen LogP contribution in [0.15, 0.2) is 16.7 Å². The number of anilines is 1. The molecule has 0 saturated carbocycles. The van der Waals surface area contributed by atoms with Gasteiger partial charge in [0, 0.05) is 39.0 Å². The number of methoxy groups -OCH3 is 1. The Morgan fingerprint density at radius 1 is 1.63 bits per heavy atom. The standard InChI is InChI=1S/C13H19BrClN3O/c1-19-6-4-16-9-11-3-2-5-18(11)13-12(14)7-10(15)8-17-13/h7-8,11,16H,2-6,9H2,1H3. The van der Waals surface area contributed by atoms with E-state index in [1.54, 1.807) is 13.3 Å². The van der Waals surface area contributed by atoms with Gasteiger partial charge in [0.15, 0.2) is 0 Å². The van der Waals surface area contributed by atoms with Gasteiger partial charge in [0.2, 0.25) is 0 Å². The van der Waals surface area contributed by atoms with Gasteiger partial charge in [-0.15, -0.1) is 0 Å². The Hall–Kier alpha value is -0.360. The van der Waals surface area contributed by atoms with Crippen molar-refractivity contribution in [1.82, 2.24) is 10.3 Å². The van der Waals surface area contributed by atoms with Crippen LogP contribution in [0.1, 0.15) is 12.8 Å². The predicted molar refractivity (Wildman–Crippen MR) is 82.1 cm³/mol. The third-order valence-corrected chi connectivity index (χ3v) is 4.09. The van der Waals surface area contributed by atoms with Crippen molar-refractivity contribution < 1.29 is 4.74 Å². The Morgan fingerprint density at radius 2 is 2.47 bits per heavy atom. The Morgan fingerprint density at radius 3 is 3.21 bits per heavy atom.